The molecule has 118 valence electrons. The summed E-state index contributed by atoms with van der Waals surface area (Å²) in [6, 6.07) is 10.3. The summed E-state index contributed by atoms with van der Waals surface area (Å²) < 4.78 is 1.87. The normalized spacial score (nSPS) is 10.7. The maximum Gasteiger partial charge on any atom is 0.319 e. The quantitative estimate of drug-likeness (QED) is 0.748. The number of hydrogen-bond donors (Lipinski definition) is 2. The third kappa shape index (κ3) is 4.15. The third-order valence-corrected chi connectivity index (χ3v) is 3.71. The number of pyridine rings is 1. The first-order valence-electron chi connectivity index (χ1n) is 7.04. The van der Waals surface area contributed by atoms with Crippen molar-refractivity contribution >= 4 is 40.6 Å². The smallest absolute Gasteiger partial charge is 0.319 e. The molecule has 23 heavy (non-hydrogen) atoms. The van der Waals surface area contributed by atoms with Gasteiger partial charge in [0.05, 0.1) is 10.7 Å². The molecule has 0 saturated carbocycles. The Kier molecular flexibility index (Phi) is 4.69. The van der Waals surface area contributed by atoms with Crippen LogP contribution in [0.2, 0.25) is 10.0 Å². The fraction of sp³-hybridized carbons (Fsp3) is 0.125. The highest BCUT2D eigenvalue weighted by molar-refractivity contribution is 6.30. The number of nitrogens with zero attached hydrogens (tertiary/aromatic N) is 2. The van der Waals surface area contributed by atoms with E-state index in [0.29, 0.717) is 28.7 Å². The van der Waals surface area contributed by atoms with Gasteiger partial charge in [0.1, 0.15) is 5.65 Å². The van der Waals surface area contributed by atoms with E-state index in [1.807, 2.05) is 16.7 Å². The van der Waals surface area contributed by atoms with Crippen LogP contribution in [0, 0.1) is 0 Å². The minimum absolute atomic E-state index is 0.265. The second-order valence-electron chi connectivity index (χ2n) is 4.98. The molecule has 2 N–H and O–H groups in total. The number of urea groups is 1. The molecule has 2 heterocycles. The van der Waals surface area contributed by atoms with Crippen LogP contribution < -0.4 is 10.6 Å². The standard InChI is InChI=1S/C16H14Cl2N4O/c17-11-1-4-13(5-2-11)21-16(23)19-8-7-14-10-22-9-12(18)3-6-15(22)20-14/h1-6,9-10H,7-8H2,(H2,19,21,23). The van der Waals surface area contributed by atoms with E-state index >= 15 is 0 Å². The Labute approximate surface area is 143 Å². The van der Waals surface area contributed by atoms with Gasteiger partial charge >= 0.3 is 6.03 Å². The van der Waals surface area contributed by atoms with Crippen LogP contribution in [-0.2, 0) is 6.42 Å². The van der Waals surface area contributed by atoms with E-state index < -0.39 is 0 Å². The Balaban J connectivity index is 1.51. The van der Waals surface area contributed by atoms with Crippen molar-refractivity contribution in [1.82, 2.24) is 14.7 Å². The molecule has 0 aliphatic carbocycles. The molecule has 0 unspecified atom stereocenters. The highest BCUT2D eigenvalue weighted by Gasteiger charge is 2.04. The molecule has 0 spiro atoms. The van der Waals surface area contributed by atoms with E-state index in [9.17, 15) is 4.79 Å². The van der Waals surface area contributed by atoms with Crippen molar-refractivity contribution in [3.05, 3.63) is 64.5 Å². The Morgan fingerprint density at radius 1 is 1.04 bits per heavy atom. The Morgan fingerprint density at radius 3 is 2.57 bits per heavy atom. The predicted octanol–water partition coefficient (Wildman–Crippen LogP) is 4.01. The van der Waals surface area contributed by atoms with Gasteiger partial charge in [-0.05, 0) is 36.4 Å². The fourth-order valence-corrected chi connectivity index (χ4v) is 2.44. The number of imidazole rings is 1. The molecule has 0 atom stereocenters. The largest absolute Gasteiger partial charge is 0.337 e. The van der Waals surface area contributed by atoms with Gasteiger partial charge in [0.25, 0.3) is 0 Å². The zero-order valence-electron chi connectivity index (χ0n) is 12.1. The van der Waals surface area contributed by atoms with Crippen LogP contribution in [0.15, 0.2) is 48.8 Å². The number of nitrogens with one attached hydrogen (secondary N) is 2. The van der Waals surface area contributed by atoms with Gasteiger partial charge in [0.15, 0.2) is 0 Å². The number of rotatable bonds is 4. The van der Waals surface area contributed by atoms with Crippen molar-refractivity contribution in [2.75, 3.05) is 11.9 Å². The van der Waals surface area contributed by atoms with E-state index in [1.165, 1.54) is 0 Å². The number of halogens is 2. The van der Waals surface area contributed by atoms with Crippen molar-refractivity contribution in [3.8, 4) is 0 Å². The lowest BCUT2D eigenvalue weighted by molar-refractivity contribution is 0.252. The number of fused-ring (bicyclic) bond motifs is 1. The minimum Gasteiger partial charge on any atom is -0.337 e. The number of carbonyl (C=O) groups is 1. The summed E-state index contributed by atoms with van der Waals surface area (Å²) in [4.78, 5) is 16.3. The molecule has 0 radical (unpaired) electrons. The minimum atomic E-state index is -0.265. The molecule has 0 saturated heterocycles. The van der Waals surface area contributed by atoms with Crippen LogP contribution in [0.1, 0.15) is 5.69 Å². The van der Waals surface area contributed by atoms with Crippen molar-refractivity contribution in [3.63, 3.8) is 0 Å². The van der Waals surface area contributed by atoms with Crippen molar-refractivity contribution in [2.45, 2.75) is 6.42 Å². The number of aromatic nitrogens is 2. The molecular formula is C16H14Cl2N4O. The van der Waals surface area contributed by atoms with E-state index in [0.717, 1.165) is 11.3 Å². The molecule has 0 aliphatic heterocycles. The van der Waals surface area contributed by atoms with E-state index in [4.69, 9.17) is 23.2 Å². The van der Waals surface area contributed by atoms with Crippen molar-refractivity contribution in [1.29, 1.82) is 0 Å². The zero-order chi connectivity index (χ0) is 16.2. The molecule has 3 aromatic rings. The highest BCUT2D eigenvalue weighted by atomic mass is 35.5. The van der Waals surface area contributed by atoms with Crippen LogP contribution in [0.3, 0.4) is 0 Å². The topological polar surface area (TPSA) is 58.4 Å². The predicted molar refractivity (Wildman–Crippen MR) is 92.4 cm³/mol. The van der Waals surface area contributed by atoms with Crippen LogP contribution in [-0.4, -0.2) is 22.0 Å². The lowest BCUT2D eigenvalue weighted by Gasteiger charge is -2.06. The van der Waals surface area contributed by atoms with Crippen LogP contribution in [0.5, 0.6) is 0 Å². The van der Waals surface area contributed by atoms with Gasteiger partial charge in [0.2, 0.25) is 0 Å². The SMILES string of the molecule is O=C(NCCc1cn2cc(Cl)ccc2n1)Nc1ccc(Cl)cc1. The Morgan fingerprint density at radius 2 is 1.78 bits per heavy atom. The molecule has 2 amide bonds. The van der Waals surface area contributed by atoms with Crippen molar-refractivity contribution in [2.24, 2.45) is 0 Å². The summed E-state index contributed by atoms with van der Waals surface area (Å²) in [5.74, 6) is 0. The average Bonchev–Trinajstić information content (AvgIpc) is 2.91. The first-order valence-corrected chi connectivity index (χ1v) is 7.79. The Hall–Kier alpha value is -2.24. The zero-order valence-corrected chi connectivity index (χ0v) is 13.6. The molecule has 5 nitrogen and oxygen atoms in total. The van der Waals surface area contributed by atoms with Gasteiger partial charge in [-0.3, -0.25) is 0 Å². The van der Waals surface area contributed by atoms with Gasteiger partial charge in [0, 0.05) is 36.1 Å². The van der Waals surface area contributed by atoms with Gasteiger partial charge < -0.3 is 15.0 Å². The van der Waals surface area contributed by atoms with E-state index in [1.54, 1.807) is 36.5 Å². The molecule has 0 bridgehead atoms. The Bertz CT molecular complexity index is 830. The molecule has 2 aromatic heterocycles. The molecule has 0 fully saturated rings. The second-order valence-corrected chi connectivity index (χ2v) is 5.86. The first kappa shape index (κ1) is 15.6. The van der Waals surface area contributed by atoms with Crippen LogP contribution in [0.4, 0.5) is 10.5 Å². The molecule has 7 heteroatoms. The fourth-order valence-electron chi connectivity index (χ4n) is 2.15. The van der Waals surface area contributed by atoms with Gasteiger partial charge in [-0.25, -0.2) is 9.78 Å². The summed E-state index contributed by atoms with van der Waals surface area (Å²) in [5, 5.41) is 6.81. The maximum atomic E-state index is 11.8. The maximum absolute atomic E-state index is 11.8. The monoisotopic (exact) mass is 348 g/mol. The summed E-state index contributed by atoms with van der Waals surface area (Å²) in [7, 11) is 0. The van der Waals surface area contributed by atoms with E-state index in [2.05, 4.69) is 15.6 Å². The summed E-state index contributed by atoms with van der Waals surface area (Å²) in [6.45, 7) is 0.483. The summed E-state index contributed by atoms with van der Waals surface area (Å²) >= 11 is 11.7. The molecule has 1 aromatic carbocycles. The molecule has 3 rings (SSSR count). The highest BCUT2D eigenvalue weighted by Crippen LogP contribution is 2.13. The van der Waals surface area contributed by atoms with Crippen molar-refractivity contribution < 1.29 is 4.79 Å². The lowest BCUT2D eigenvalue weighted by Crippen LogP contribution is -2.30. The summed E-state index contributed by atoms with van der Waals surface area (Å²) in [6.07, 6.45) is 4.33. The van der Waals surface area contributed by atoms with Gasteiger partial charge in [-0.15, -0.1) is 0 Å². The number of anilines is 1. The van der Waals surface area contributed by atoms with Crippen LogP contribution >= 0.6 is 23.2 Å². The second kappa shape index (κ2) is 6.89. The number of benzene rings is 1. The van der Waals surface area contributed by atoms with Crippen LogP contribution in [0.25, 0.3) is 5.65 Å². The first-order chi connectivity index (χ1) is 11.1. The molecular weight excluding hydrogens is 335 g/mol. The van der Waals surface area contributed by atoms with Gasteiger partial charge in [-0.2, -0.15) is 0 Å². The number of hydrogen-bond acceptors (Lipinski definition) is 2. The number of amides is 2. The van der Waals surface area contributed by atoms with Gasteiger partial charge in [-0.1, -0.05) is 23.2 Å². The molecule has 0 aliphatic rings. The average molecular weight is 349 g/mol. The van der Waals surface area contributed by atoms with E-state index in [-0.39, 0.29) is 6.03 Å². The number of carbonyl (C=O) groups excluding carboxylic acids is 1. The summed E-state index contributed by atoms with van der Waals surface area (Å²) in [5.41, 5.74) is 2.41. The third-order valence-electron chi connectivity index (χ3n) is 3.23. The lowest BCUT2D eigenvalue weighted by atomic mass is 10.3.